The number of alkyl halides is 3. The fourth-order valence-corrected chi connectivity index (χ4v) is 3.08. The molecular formula is C14H16F3N3. The zero-order valence-electron chi connectivity index (χ0n) is 11.2. The summed E-state index contributed by atoms with van der Waals surface area (Å²) in [6, 6.07) is 1.83. The molecule has 2 heterocycles. The number of halogens is 3. The van der Waals surface area contributed by atoms with Crippen LogP contribution in [0.5, 0.6) is 0 Å². The summed E-state index contributed by atoms with van der Waals surface area (Å²) in [5.41, 5.74) is 2.20. The van der Waals surface area contributed by atoms with Crippen LogP contribution >= 0.6 is 0 Å². The van der Waals surface area contributed by atoms with Crippen LogP contribution < -0.4 is 0 Å². The molecular weight excluding hydrogens is 267 g/mol. The van der Waals surface area contributed by atoms with E-state index in [0.29, 0.717) is 24.3 Å². The van der Waals surface area contributed by atoms with Gasteiger partial charge >= 0.3 is 6.18 Å². The van der Waals surface area contributed by atoms with Gasteiger partial charge in [-0.1, -0.05) is 12.8 Å². The van der Waals surface area contributed by atoms with Crippen molar-refractivity contribution in [3.05, 3.63) is 23.7 Å². The molecule has 108 valence electrons. The third-order valence-corrected chi connectivity index (χ3v) is 4.16. The summed E-state index contributed by atoms with van der Waals surface area (Å²) in [4.78, 5) is 11.5. The Bertz CT molecular complexity index is 618. The van der Waals surface area contributed by atoms with Gasteiger partial charge in [-0.05, 0) is 31.4 Å². The minimum Gasteiger partial charge on any atom is -0.340 e. The Balaban J connectivity index is 2.02. The minimum atomic E-state index is -4.16. The van der Waals surface area contributed by atoms with Crippen LogP contribution in [0.4, 0.5) is 13.2 Å². The maximum Gasteiger partial charge on any atom is 0.392 e. The molecule has 0 saturated heterocycles. The number of rotatable bonds is 1. The first-order chi connectivity index (χ1) is 9.47. The SMILES string of the molecule is Cc1ccnc2nc(C3CCCCC3C(F)(F)F)[nH]c12. The molecule has 1 aliphatic carbocycles. The summed E-state index contributed by atoms with van der Waals surface area (Å²) >= 11 is 0. The van der Waals surface area contributed by atoms with E-state index in [2.05, 4.69) is 15.0 Å². The van der Waals surface area contributed by atoms with E-state index in [1.807, 2.05) is 13.0 Å². The lowest BCUT2D eigenvalue weighted by molar-refractivity contribution is -0.187. The number of hydrogen-bond donors (Lipinski definition) is 1. The lowest BCUT2D eigenvalue weighted by Crippen LogP contribution is -2.32. The molecule has 3 nitrogen and oxygen atoms in total. The normalized spacial score (nSPS) is 24.2. The van der Waals surface area contributed by atoms with Crippen LogP contribution in [-0.4, -0.2) is 21.1 Å². The largest absolute Gasteiger partial charge is 0.392 e. The maximum atomic E-state index is 13.2. The van der Waals surface area contributed by atoms with E-state index in [4.69, 9.17) is 0 Å². The summed E-state index contributed by atoms with van der Waals surface area (Å²) in [7, 11) is 0. The number of aromatic amines is 1. The number of imidazole rings is 1. The second-order valence-corrected chi connectivity index (χ2v) is 5.49. The van der Waals surface area contributed by atoms with E-state index >= 15 is 0 Å². The molecule has 0 bridgehead atoms. The van der Waals surface area contributed by atoms with Gasteiger partial charge in [-0.15, -0.1) is 0 Å². The minimum absolute atomic E-state index is 0.192. The molecule has 2 atom stereocenters. The summed E-state index contributed by atoms with van der Waals surface area (Å²) in [5, 5.41) is 0. The van der Waals surface area contributed by atoms with E-state index in [0.717, 1.165) is 17.5 Å². The predicted molar refractivity (Wildman–Crippen MR) is 69.4 cm³/mol. The Labute approximate surface area is 114 Å². The van der Waals surface area contributed by atoms with E-state index in [1.165, 1.54) is 0 Å². The third-order valence-electron chi connectivity index (χ3n) is 4.16. The van der Waals surface area contributed by atoms with Crippen molar-refractivity contribution in [1.29, 1.82) is 0 Å². The molecule has 0 aromatic carbocycles. The summed E-state index contributed by atoms with van der Waals surface area (Å²) < 4.78 is 39.5. The molecule has 1 N–H and O–H groups in total. The van der Waals surface area contributed by atoms with Gasteiger partial charge in [0.1, 0.15) is 5.82 Å². The van der Waals surface area contributed by atoms with Gasteiger partial charge in [0, 0.05) is 12.1 Å². The first kappa shape index (κ1) is 13.4. The first-order valence-electron chi connectivity index (χ1n) is 6.85. The van der Waals surface area contributed by atoms with Crippen LogP contribution in [0.2, 0.25) is 0 Å². The highest BCUT2D eigenvalue weighted by atomic mass is 19.4. The smallest absolute Gasteiger partial charge is 0.340 e. The monoisotopic (exact) mass is 283 g/mol. The molecule has 1 fully saturated rings. The number of hydrogen-bond acceptors (Lipinski definition) is 2. The number of aromatic nitrogens is 3. The molecule has 20 heavy (non-hydrogen) atoms. The molecule has 1 aliphatic rings. The van der Waals surface area contributed by atoms with E-state index < -0.39 is 18.0 Å². The second kappa shape index (κ2) is 4.75. The van der Waals surface area contributed by atoms with Crippen molar-refractivity contribution >= 4 is 11.2 Å². The number of pyridine rings is 1. The predicted octanol–water partition coefficient (Wildman–Crippen LogP) is 4.10. The molecule has 0 radical (unpaired) electrons. The standard InChI is InChI=1S/C14H16F3N3/c1-8-6-7-18-13-11(8)19-12(20-13)9-4-2-3-5-10(9)14(15,16)17/h6-7,9-10H,2-5H2,1H3,(H,18,19,20). The van der Waals surface area contributed by atoms with Gasteiger partial charge in [-0.2, -0.15) is 13.2 Å². The highest BCUT2D eigenvalue weighted by molar-refractivity contribution is 5.74. The first-order valence-corrected chi connectivity index (χ1v) is 6.85. The van der Waals surface area contributed by atoms with Crippen LogP contribution in [0.25, 0.3) is 11.2 Å². The average Bonchev–Trinajstić information content (AvgIpc) is 2.83. The molecule has 0 spiro atoms. The molecule has 2 aromatic rings. The van der Waals surface area contributed by atoms with E-state index in [9.17, 15) is 13.2 Å². The van der Waals surface area contributed by atoms with Crippen molar-refractivity contribution in [2.75, 3.05) is 0 Å². The van der Waals surface area contributed by atoms with Crippen LogP contribution in [0.15, 0.2) is 12.3 Å². The van der Waals surface area contributed by atoms with Gasteiger partial charge in [0.25, 0.3) is 0 Å². The number of H-pyrrole nitrogens is 1. The van der Waals surface area contributed by atoms with Gasteiger partial charge < -0.3 is 4.98 Å². The maximum absolute atomic E-state index is 13.2. The van der Waals surface area contributed by atoms with Crippen molar-refractivity contribution in [1.82, 2.24) is 15.0 Å². The molecule has 6 heteroatoms. The second-order valence-electron chi connectivity index (χ2n) is 5.49. The van der Waals surface area contributed by atoms with Crippen molar-refractivity contribution in [3.8, 4) is 0 Å². The molecule has 0 aliphatic heterocycles. The lowest BCUT2D eigenvalue weighted by atomic mass is 9.78. The summed E-state index contributed by atoms with van der Waals surface area (Å²) in [5.74, 6) is -1.43. The van der Waals surface area contributed by atoms with Crippen LogP contribution in [-0.2, 0) is 0 Å². The van der Waals surface area contributed by atoms with Crippen LogP contribution in [0.3, 0.4) is 0 Å². The highest BCUT2D eigenvalue weighted by Gasteiger charge is 2.46. The fraction of sp³-hybridized carbons (Fsp3) is 0.571. The Morgan fingerprint density at radius 3 is 2.70 bits per heavy atom. The molecule has 3 rings (SSSR count). The zero-order chi connectivity index (χ0) is 14.3. The zero-order valence-corrected chi connectivity index (χ0v) is 11.2. The molecule has 0 amide bonds. The Hall–Kier alpha value is -1.59. The molecule has 2 aromatic heterocycles. The Morgan fingerprint density at radius 1 is 1.25 bits per heavy atom. The third kappa shape index (κ3) is 2.27. The van der Waals surface area contributed by atoms with Crippen molar-refractivity contribution in [2.24, 2.45) is 5.92 Å². The number of nitrogens with zero attached hydrogens (tertiary/aromatic N) is 2. The number of fused-ring (bicyclic) bond motifs is 1. The average molecular weight is 283 g/mol. The van der Waals surface area contributed by atoms with Crippen molar-refractivity contribution in [3.63, 3.8) is 0 Å². The summed E-state index contributed by atoms with van der Waals surface area (Å²) in [6.07, 6.45) is -0.351. The van der Waals surface area contributed by atoms with Gasteiger partial charge in [0.05, 0.1) is 11.4 Å². The van der Waals surface area contributed by atoms with Crippen LogP contribution in [0, 0.1) is 12.8 Å². The highest BCUT2D eigenvalue weighted by Crippen LogP contribution is 2.45. The Kier molecular flexibility index (Phi) is 3.18. The number of nitrogens with one attached hydrogen (secondary N) is 1. The fourth-order valence-electron chi connectivity index (χ4n) is 3.08. The van der Waals surface area contributed by atoms with Gasteiger partial charge in [-0.3, -0.25) is 0 Å². The number of aryl methyl sites for hydroxylation is 1. The summed E-state index contributed by atoms with van der Waals surface area (Å²) in [6.45, 7) is 1.90. The van der Waals surface area contributed by atoms with Crippen molar-refractivity contribution in [2.45, 2.75) is 44.7 Å². The van der Waals surface area contributed by atoms with Crippen LogP contribution in [0.1, 0.15) is 43.0 Å². The quantitative estimate of drug-likeness (QED) is 0.856. The Morgan fingerprint density at radius 2 is 2.00 bits per heavy atom. The molecule has 2 unspecified atom stereocenters. The van der Waals surface area contributed by atoms with Gasteiger partial charge in [0.15, 0.2) is 5.65 Å². The van der Waals surface area contributed by atoms with E-state index in [1.54, 1.807) is 6.20 Å². The van der Waals surface area contributed by atoms with Gasteiger partial charge in [0.2, 0.25) is 0 Å². The van der Waals surface area contributed by atoms with Crippen molar-refractivity contribution < 1.29 is 13.2 Å². The topological polar surface area (TPSA) is 41.6 Å². The van der Waals surface area contributed by atoms with E-state index in [-0.39, 0.29) is 6.42 Å². The molecule has 1 saturated carbocycles. The van der Waals surface area contributed by atoms with Gasteiger partial charge in [-0.25, -0.2) is 9.97 Å². The lowest BCUT2D eigenvalue weighted by Gasteiger charge is -2.31.